The van der Waals surface area contributed by atoms with Gasteiger partial charge in [0.15, 0.2) is 23.5 Å². The number of nitrogens with two attached hydrogens (primary N) is 1. The predicted molar refractivity (Wildman–Crippen MR) is 106 cm³/mol. The third-order valence-corrected chi connectivity index (χ3v) is 5.27. The molecule has 0 unspecified atom stereocenters. The number of nitrogens with one attached hydrogen (secondary N) is 1. The predicted octanol–water partition coefficient (Wildman–Crippen LogP) is 0.416. The van der Waals surface area contributed by atoms with E-state index in [1.165, 1.54) is 6.33 Å². The summed E-state index contributed by atoms with van der Waals surface area (Å²) in [4.78, 5) is 25.3. The summed E-state index contributed by atoms with van der Waals surface area (Å²) in [6.45, 7) is 5.48. The summed E-state index contributed by atoms with van der Waals surface area (Å²) in [6.07, 6.45) is 1.40. The first kappa shape index (κ1) is 20.7. The van der Waals surface area contributed by atoms with Gasteiger partial charge in [0.05, 0.1) is 6.33 Å². The molecule has 0 aliphatic carbocycles. The van der Waals surface area contributed by atoms with Crippen LogP contribution in [0.15, 0.2) is 12.7 Å². The van der Waals surface area contributed by atoms with Crippen molar-refractivity contribution in [3.05, 3.63) is 12.7 Å². The summed E-state index contributed by atoms with van der Waals surface area (Å²) in [5.41, 5.74) is 7.01. The van der Waals surface area contributed by atoms with Gasteiger partial charge in [-0.25, -0.2) is 19.7 Å². The molecule has 2 aromatic heterocycles. The molecule has 30 heavy (non-hydrogen) atoms. The molecule has 2 aliphatic heterocycles. The highest BCUT2D eigenvalue weighted by molar-refractivity contribution is 5.81. The SMILES string of the molecule is CN(CCCNC(=O)O)C[C@H]1O[C@@H](n2cnc3c(N)ncnc32)[C@@H]2OC(C)(C)O[C@@H]21. The molecule has 2 saturated heterocycles. The van der Waals surface area contributed by atoms with Gasteiger partial charge in [0.25, 0.3) is 0 Å². The number of imidazole rings is 1. The quantitative estimate of drug-likeness (QED) is 0.537. The lowest BCUT2D eigenvalue weighted by atomic mass is 10.1. The molecule has 0 bridgehead atoms. The second kappa shape index (κ2) is 7.95. The number of nitrogen functional groups attached to an aromatic ring is 1. The topological polar surface area (TPSA) is 150 Å². The standard InChI is InChI=1S/C18H27N7O5/c1-18(2)29-12-10(7-24(3)6-4-5-20-17(26)27)28-16(13(12)30-18)25-9-23-11-14(19)21-8-22-15(11)25/h8-10,12-13,16,20H,4-7H2,1-3H3,(H,26,27)(H2,19,21,22)/t10-,12-,13-,16-/m1/s1. The van der Waals surface area contributed by atoms with Crippen molar-refractivity contribution in [3.8, 4) is 0 Å². The Morgan fingerprint density at radius 2 is 2.10 bits per heavy atom. The molecule has 12 heteroatoms. The van der Waals surface area contributed by atoms with Gasteiger partial charge in [-0.2, -0.15) is 0 Å². The van der Waals surface area contributed by atoms with E-state index < -0.39 is 18.1 Å². The highest BCUT2D eigenvalue weighted by atomic mass is 16.8. The number of nitrogens with zero attached hydrogens (tertiary/aromatic N) is 5. The van der Waals surface area contributed by atoms with E-state index in [1.807, 2.05) is 25.5 Å². The van der Waals surface area contributed by atoms with Crippen LogP contribution in [0, 0.1) is 0 Å². The van der Waals surface area contributed by atoms with E-state index >= 15 is 0 Å². The number of rotatable bonds is 7. The molecule has 1 amide bonds. The third kappa shape index (κ3) is 4.03. The van der Waals surface area contributed by atoms with E-state index in [0.717, 1.165) is 0 Å². The molecule has 2 aliphatic rings. The van der Waals surface area contributed by atoms with Gasteiger partial charge in [0.1, 0.15) is 30.2 Å². The summed E-state index contributed by atoms with van der Waals surface area (Å²) in [6, 6.07) is 0. The molecule has 12 nitrogen and oxygen atoms in total. The molecule has 4 N–H and O–H groups in total. The van der Waals surface area contributed by atoms with Crippen LogP contribution >= 0.6 is 0 Å². The van der Waals surface area contributed by atoms with E-state index in [-0.39, 0.29) is 18.3 Å². The molecule has 4 heterocycles. The van der Waals surface area contributed by atoms with Crippen LogP contribution < -0.4 is 11.1 Å². The largest absolute Gasteiger partial charge is 0.465 e. The molecule has 2 fully saturated rings. The van der Waals surface area contributed by atoms with Gasteiger partial charge in [-0.15, -0.1) is 0 Å². The van der Waals surface area contributed by atoms with Crippen molar-refractivity contribution < 1.29 is 24.1 Å². The van der Waals surface area contributed by atoms with Crippen LogP contribution in [0.4, 0.5) is 10.6 Å². The molecule has 4 atom stereocenters. The first-order chi connectivity index (χ1) is 14.2. The average molecular weight is 421 g/mol. The molecular formula is C18H27N7O5. The van der Waals surface area contributed by atoms with Gasteiger partial charge >= 0.3 is 6.09 Å². The van der Waals surface area contributed by atoms with E-state index in [0.29, 0.717) is 43.0 Å². The van der Waals surface area contributed by atoms with Crippen LogP contribution in [-0.4, -0.2) is 86.4 Å². The zero-order valence-electron chi connectivity index (χ0n) is 17.2. The maximum Gasteiger partial charge on any atom is 0.404 e. The van der Waals surface area contributed by atoms with Crippen LogP contribution in [0.25, 0.3) is 11.2 Å². The number of aromatic nitrogens is 4. The number of hydrogen-bond acceptors (Lipinski definition) is 9. The fraction of sp³-hybridized carbons (Fsp3) is 0.667. The lowest BCUT2D eigenvalue weighted by Crippen LogP contribution is -2.39. The van der Waals surface area contributed by atoms with Crippen LogP contribution in [0.2, 0.25) is 0 Å². The maximum absolute atomic E-state index is 10.6. The molecule has 4 rings (SSSR count). The number of hydrogen-bond donors (Lipinski definition) is 3. The highest BCUT2D eigenvalue weighted by Gasteiger charge is 2.56. The lowest BCUT2D eigenvalue weighted by molar-refractivity contribution is -0.197. The molecule has 0 aromatic carbocycles. The van der Waals surface area contributed by atoms with Crippen molar-refractivity contribution in [2.75, 3.05) is 32.4 Å². The highest BCUT2D eigenvalue weighted by Crippen LogP contribution is 2.43. The van der Waals surface area contributed by atoms with Crippen molar-refractivity contribution in [1.82, 2.24) is 29.7 Å². The van der Waals surface area contributed by atoms with Crippen LogP contribution in [0.3, 0.4) is 0 Å². The van der Waals surface area contributed by atoms with Crippen molar-refractivity contribution in [1.29, 1.82) is 0 Å². The van der Waals surface area contributed by atoms with Crippen LogP contribution in [-0.2, 0) is 14.2 Å². The Bertz CT molecular complexity index is 919. The Balaban J connectivity index is 1.49. The minimum Gasteiger partial charge on any atom is -0.465 e. The maximum atomic E-state index is 10.6. The van der Waals surface area contributed by atoms with Gasteiger partial charge in [0.2, 0.25) is 0 Å². The minimum atomic E-state index is -1.02. The lowest BCUT2D eigenvalue weighted by Gasteiger charge is -2.27. The van der Waals surface area contributed by atoms with E-state index in [9.17, 15) is 4.79 Å². The molecule has 164 valence electrons. The van der Waals surface area contributed by atoms with Crippen molar-refractivity contribution >= 4 is 23.1 Å². The number of carbonyl (C=O) groups is 1. The molecule has 0 saturated carbocycles. The van der Waals surface area contributed by atoms with Gasteiger partial charge < -0.3 is 35.3 Å². The zero-order valence-corrected chi connectivity index (χ0v) is 17.2. The Morgan fingerprint density at radius 1 is 1.33 bits per heavy atom. The average Bonchev–Trinajstić information content (AvgIpc) is 3.31. The summed E-state index contributed by atoms with van der Waals surface area (Å²) in [5, 5.41) is 11.0. The van der Waals surface area contributed by atoms with Crippen LogP contribution in [0.5, 0.6) is 0 Å². The molecule has 0 spiro atoms. The Labute approximate surface area is 173 Å². The zero-order chi connectivity index (χ0) is 21.5. The van der Waals surface area contributed by atoms with Gasteiger partial charge in [-0.3, -0.25) is 4.57 Å². The Kier molecular flexibility index (Phi) is 5.49. The molecule has 0 radical (unpaired) electrons. The van der Waals surface area contributed by atoms with Crippen molar-refractivity contribution in [2.45, 2.75) is 50.6 Å². The van der Waals surface area contributed by atoms with Gasteiger partial charge in [0, 0.05) is 13.1 Å². The van der Waals surface area contributed by atoms with E-state index in [1.54, 1.807) is 6.33 Å². The molecule has 2 aromatic rings. The van der Waals surface area contributed by atoms with E-state index in [4.69, 9.17) is 25.1 Å². The number of anilines is 1. The summed E-state index contributed by atoms with van der Waals surface area (Å²) >= 11 is 0. The summed E-state index contributed by atoms with van der Waals surface area (Å²) in [7, 11) is 1.97. The molecular weight excluding hydrogens is 394 g/mol. The second-order valence-electron chi connectivity index (χ2n) is 8.06. The monoisotopic (exact) mass is 421 g/mol. The fourth-order valence-electron chi connectivity index (χ4n) is 4.03. The second-order valence-corrected chi connectivity index (χ2v) is 8.06. The van der Waals surface area contributed by atoms with Crippen LogP contribution in [0.1, 0.15) is 26.5 Å². The summed E-state index contributed by atoms with van der Waals surface area (Å²) in [5.74, 6) is -0.423. The number of likely N-dealkylation sites (N-methyl/N-ethyl adjacent to an activating group) is 1. The number of fused-ring (bicyclic) bond motifs is 2. The Morgan fingerprint density at radius 3 is 2.87 bits per heavy atom. The van der Waals surface area contributed by atoms with E-state index in [2.05, 4.69) is 25.2 Å². The first-order valence-corrected chi connectivity index (χ1v) is 9.84. The third-order valence-electron chi connectivity index (χ3n) is 5.27. The first-order valence-electron chi connectivity index (χ1n) is 9.84. The van der Waals surface area contributed by atoms with Crippen molar-refractivity contribution in [2.24, 2.45) is 0 Å². The van der Waals surface area contributed by atoms with Gasteiger partial charge in [-0.05, 0) is 33.9 Å². The fourth-order valence-corrected chi connectivity index (χ4v) is 4.03. The normalized spacial score (nSPS) is 27.6. The smallest absolute Gasteiger partial charge is 0.404 e. The van der Waals surface area contributed by atoms with Crippen molar-refractivity contribution in [3.63, 3.8) is 0 Å². The Hall–Kier alpha value is -2.54. The number of ether oxygens (including phenoxy) is 3. The number of amides is 1. The minimum absolute atomic E-state index is 0.240. The number of carboxylic acid groups (broad SMARTS) is 1. The summed E-state index contributed by atoms with van der Waals surface area (Å²) < 4.78 is 20.5. The van der Waals surface area contributed by atoms with Gasteiger partial charge in [-0.1, -0.05) is 0 Å².